The van der Waals surface area contributed by atoms with Crippen LogP contribution in [0.25, 0.3) is 0 Å². The van der Waals surface area contributed by atoms with Gasteiger partial charge in [0.15, 0.2) is 0 Å². The molecular weight excluding hydrogens is 204 g/mol. The van der Waals surface area contributed by atoms with E-state index in [0.29, 0.717) is 10.0 Å². The molecule has 0 radical (unpaired) electrons. The standard InChI is InChI=1S/C9H21ClSSi/c1-9(2,3)12(4,5)8(10)6-7-11/h8,11H,6-7H2,1-5H3. The molecule has 0 nitrogen and oxygen atoms in total. The molecule has 0 rings (SSSR count). The minimum Gasteiger partial charge on any atom is -0.179 e. The third kappa shape index (κ3) is 2.97. The fraction of sp³-hybridized carbons (Fsp3) is 1.00. The molecule has 0 fully saturated rings. The van der Waals surface area contributed by atoms with Crippen molar-refractivity contribution in [3.05, 3.63) is 0 Å². The van der Waals surface area contributed by atoms with Crippen molar-refractivity contribution in [1.29, 1.82) is 0 Å². The van der Waals surface area contributed by atoms with Crippen LogP contribution in [-0.4, -0.2) is 18.8 Å². The van der Waals surface area contributed by atoms with E-state index in [1.807, 2.05) is 0 Å². The zero-order chi connectivity index (χ0) is 9.99. The zero-order valence-corrected chi connectivity index (χ0v) is 11.5. The molecule has 0 aliphatic rings. The van der Waals surface area contributed by atoms with Crippen molar-refractivity contribution in [2.24, 2.45) is 0 Å². The summed E-state index contributed by atoms with van der Waals surface area (Å²) in [5.41, 5.74) is 0. The number of rotatable bonds is 3. The minimum absolute atomic E-state index is 0.356. The Kier molecular flexibility index (Phi) is 4.70. The van der Waals surface area contributed by atoms with Gasteiger partial charge in [0, 0.05) is 5.00 Å². The first kappa shape index (κ1) is 12.9. The van der Waals surface area contributed by atoms with Gasteiger partial charge in [-0.15, -0.1) is 11.6 Å². The second-order valence-electron chi connectivity index (χ2n) is 4.95. The van der Waals surface area contributed by atoms with Gasteiger partial charge in [-0.05, 0) is 17.2 Å². The lowest BCUT2D eigenvalue weighted by Gasteiger charge is -2.40. The van der Waals surface area contributed by atoms with Crippen molar-refractivity contribution >= 4 is 32.3 Å². The minimum atomic E-state index is -1.31. The molecule has 0 spiro atoms. The van der Waals surface area contributed by atoms with E-state index >= 15 is 0 Å². The van der Waals surface area contributed by atoms with Crippen molar-refractivity contribution < 1.29 is 0 Å². The molecule has 0 aromatic heterocycles. The third-order valence-electron chi connectivity index (χ3n) is 3.10. The highest BCUT2D eigenvalue weighted by Gasteiger charge is 2.40. The van der Waals surface area contributed by atoms with Crippen LogP contribution in [-0.2, 0) is 0 Å². The highest BCUT2D eigenvalue weighted by molar-refractivity contribution is 7.80. The molecule has 0 aliphatic carbocycles. The van der Waals surface area contributed by atoms with Crippen LogP contribution in [0.5, 0.6) is 0 Å². The van der Waals surface area contributed by atoms with Crippen molar-refractivity contribution in [2.75, 3.05) is 5.75 Å². The van der Waals surface area contributed by atoms with Gasteiger partial charge in [-0.25, -0.2) is 0 Å². The monoisotopic (exact) mass is 224 g/mol. The fourth-order valence-electron chi connectivity index (χ4n) is 0.944. The molecule has 1 atom stereocenters. The second-order valence-corrected chi connectivity index (χ2v) is 11.9. The van der Waals surface area contributed by atoms with E-state index in [0.717, 1.165) is 12.2 Å². The maximum atomic E-state index is 6.37. The quantitative estimate of drug-likeness (QED) is 0.419. The van der Waals surface area contributed by atoms with Crippen LogP contribution in [0, 0.1) is 0 Å². The number of hydrogen-bond acceptors (Lipinski definition) is 1. The van der Waals surface area contributed by atoms with Gasteiger partial charge < -0.3 is 0 Å². The molecule has 0 aromatic carbocycles. The Morgan fingerprint density at radius 1 is 1.33 bits per heavy atom. The Morgan fingerprint density at radius 2 is 1.75 bits per heavy atom. The number of hydrogen-bond donors (Lipinski definition) is 1. The number of halogens is 1. The molecular formula is C9H21ClSSi. The van der Waals surface area contributed by atoms with E-state index in [9.17, 15) is 0 Å². The van der Waals surface area contributed by atoms with Gasteiger partial charge in [0.25, 0.3) is 0 Å². The number of thiol groups is 1. The van der Waals surface area contributed by atoms with E-state index in [2.05, 4.69) is 46.5 Å². The average molecular weight is 225 g/mol. The van der Waals surface area contributed by atoms with Crippen molar-refractivity contribution in [2.45, 2.75) is 50.3 Å². The highest BCUT2D eigenvalue weighted by atomic mass is 35.5. The summed E-state index contributed by atoms with van der Waals surface area (Å²) in [6.45, 7) is 11.6. The largest absolute Gasteiger partial charge is 0.179 e. The van der Waals surface area contributed by atoms with Gasteiger partial charge in [0.05, 0.1) is 8.07 Å². The molecule has 0 saturated heterocycles. The Morgan fingerprint density at radius 3 is 2.00 bits per heavy atom. The van der Waals surface area contributed by atoms with E-state index < -0.39 is 8.07 Å². The molecule has 74 valence electrons. The predicted octanol–water partition coefficient (Wildman–Crippen LogP) is 3.96. The summed E-state index contributed by atoms with van der Waals surface area (Å²) >= 11 is 10.6. The van der Waals surface area contributed by atoms with E-state index in [1.54, 1.807) is 0 Å². The van der Waals surface area contributed by atoms with Crippen LogP contribution in [0.3, 0.4) is 0 Å². The first-order valence-corrected chi connectivity index (χ1v) is 8.63. The van der Waals surface area contributed by atoms with Gasteiger partial charge in [0.2, 0.25) is 0 Å². The molecule has 12 heavy (non-hydrogen) atoms. The second kappa shape index (κ2) is 4.38. The predicted molar refractivity (Wildman–Crippen MR) is 65.3 cm³/mol. The summed E-state index contributed by atoms with van der Waals surface area (Å²) < 4.78 is 0. The lowest BCUT2D eigenvalue weighted by atomic mass is 10.2. The van der Waals surface area contributed by atoms with Gasteiger partial charge in [-0.3, -0.25) is 0 Å². The third-order valence-corrected chi connectivity index (χ3v) is 10.9. The zero-order valence-electron chi connectivity index (χ0n) is 8.82. The number of alkyl halides is 1. The Bertz CT molecular complexity index is 140. The molecule has 0 aliphatic heterocycles. The summed E-state index contributed by atoms with van der Waals surface area (Å²) in [4.78, 5) is 0. The molecule has 0 amide bonds. The van der Waals surface area contributed by atoms with Gasteiger partial charge in [-0.2, -0.15) is 12.6 Å². The van der Waals surface area contributed by atoms with Gasteiger partial charge >= 0.3 is 0 Å². The summed E-state index contributed by atoms with van der Waals surface area (Å²) in [5.74, 6) is 0.903. The Labute approximate surface area is 88.5 Å². The van der Waals surface area contributed by atoms with Crippen LogP contribution >= 0.6 is 24.2 Å². The lowest BCUT2D eigenvalue weighted by Crippen LogP contribution is -2.46. The maximum Gasteiger partial charge on any atom is 0.0732 e. The van der Waals surface area contributed by atoms with Crippen LogP contribution in [0.4, 0.5) is 0 Å². The molecule has 1 unspecified atom stereocenters. The molecule has 3 heteroatoms. The van der Waals surface area contributed by atoms with Crippen LogP contribution in [0.1, 0.15) is 27.2 Å². The molecule has 0 N–H and O–H groups in total. The van der Waals surface area contributed by atoms with E-state index in [4.69, 9.17) is 11.6 Å². The smallest absolute Gasteiger partial charge is 0.0732 e. The topological polar surface area (TPSA) is 0 Å². The molecule has 0 saturated carbocycles. The summed E-state index contributed by atoms with van der Waals surface area (Å²) in [7, 11) is -1.31. The molecule has 0 aromatic rings. The van der Waals surface area contributed by atoms with Crippen molar-refractivity contribution in [3.63, 3.8) is 0 Å². The van der Waals surface area contributed by atoms with Crippen LogP contribution < -0.4 is 0 Å². The van der Waals surface area contributed by atoms with Crippen LogP contribution in [0.2, 0.25) is 18.1 Å². The van der Waals surface area contributed by atoms with Gasteiger partial charge in [0.1, 0.15) is 0 Å². The maximum absolute atomic E-state index is 6.37. The van der Waals surface area contributed by atoms with Crippen molar-refractivity contribution in [1.82, 2.24) is 0 Å². The summed E-state index contributed by atoms with van der Waals surface area (Å²) in [5, 5.41) is 0.748. The SMILES string of the molecule is CC(C)(C)[Si](C)(C)C(Cl)CCS. The molecule has 0 heterocycles. The van der Waals surface area contributed by atoms with Gasteiger partial charge in [-0.1, -0.05) is 33.9 Å². The lowest BCUT2D eigenvalue weighted by molar-refractivity contribution is 0.704. The van der Waals surface area contributed by atoms with E-state index in [-0.39, 0.29) is 0 Å². The average Bonchev–Trinajstić information content (AvgIpc) is 1.85. The molecule has 0 bridgehead atoms. The normalized spacial score (nSPS) is 16.2. The highest BCUT2D eigenvalue weighted by Crippen LogP contribution is 2.40. The fourth-order valence-corrected chi connectivity index (χ4v) is 4.49. The summed E-state index contributed by atoms with van der Waals surface area (Å²) in [6.07, 6.45) is 1.04. The Hall–Kier alpha value is 0.857. The first-order chi connectivity index (χ1) is 5.23. The summed E-state index contributed by atoms with van der Waals surface area (Å²) in [6, 6.07) is 0. The Balaban J connectivity index is 4.38. The first-order valence-electron chi connectivity index (χ1n) is 4.48. The van der Waals surface area contributed by atoms with Crippen molar-refractivity contribution in [3.8, 4) is 0 Å². The van der Waals surface area contributed by atoms with E-state index in [1.165, 1.54) is 0 Å². The van der Waals surface area contributed by atoms with Crippen LogP contribution in [0.15, 0.2) is 0 Å².